The zero-order valence-electron chi connectivity index (χ0n) is 15.2. The highest BCUT2D eigenvalue weighted by Gasteiger charge is 2.46. The van der Waals surface area contributed by atoms with Gasteiger partial charge in [0, 0.05) is 23.5 Å². The van der Waals surface area contributed by atoms with Crippen LogP contribution in [0.1, 0.15) is 35.2 Å². The normalized spacial score (nSPS) is 21.4. The number of esters is 1. The monoisotopic (exact) mass is 365 g/mol. The number of hydrogen-bond acceptors (Lipinski definition) is 4. The Labute approximate surface area is 158 Å². The molecule has 2 aromatic rings. The largest absolute Gasteiger partial charge is 0.463 e. The highest BCUT2D eigenvalue weighted by atomic mass is 16.5. The molecule has 1 aliphatic carbocycles. The Balaban J connectivity index is 1.95. The van der Waals surface area contributed by atoms with Crippen molar-refractivity contribution in [2.24, 2.45) is 0 Å². The minimum Gasteiger partial charge on any atom is -0.463 e. The molecule has 0 aliphatic heterocycles. The number of ether oxygens (including phenoxy) is 1. The average molecular weight is 365 g/mol. The molecule has 2 atom stereocenters. The Kier molecular flexibility index (Phi) is 5.72. The highest BCUT2D eigenvalue weighted by Crippen LogP contribution is 2.42. The van der Waals surface area contributed by atoms with E-state index in [1.807, 2.05) is 36.4 Å². The average Bonchev–Trinajstić information content (AvgIpc) is 3.09. The third kappa shape index (κ3) is 3.93. The van der Waals surface area contributed by atoms with Crippen molar-refractivity contribution < 1.29 is 19.4 Å². The number of aliphatic hydroxyl groups is 1. The lowest BCUT2D eigenvalue weighted by molar-refractivity contribution is -0.138. The van der Waals surface area contributed by atoms with Crippen molar-refractivity contribution in [3.05, 3.63) is 83.4 Å². The third-order valence-corrected chi connectivity index (χ3v) is 4.85. The molecule has 2 aromatic carbocycles. The predicted octanol–water partition coefficient (Wildman–Crippen LogP) is 2.82. The second-order valence-electron chi connectivity index (χ2n) is 6.61. The zero-order valence-corrected chi connectivity index (χ0v) is 15.2. The Morgan fingerprint density at radius 2 is 1.74 bits per heavy atom. The summed E-state index contributed by atoms with van der Waals surface area (Å²) in [6.45, 7) is 1.72. The standard InChI is InChI=1S/C22H23NO4/c1-2-27-21(26)18-13-19(16-9-5-3-6-10-16)22(14-18,15-24)23-20(25)17-11-7-4-8-12-17/h3-13,19,24H,2,14-15H2,1H3,(H,23,25)/t19-,22+/m0/s1. The predicted molar refractivity (Wildman–Crippen MR) is 102 cm³/mol. The van der Waals surface area contributed by atoms with Crippen LogP contribution in [0, 0.1) is 0 Å². The lowest BCUT2D eigenvalue weighted by atomic mass is 9.81. The van der Waals surface area contributed by atoms with E-state index in [9.17, 15) is 14.7 Å². The number of amides is 1. The van der Waals surface area contributed by atoms with Crippen molar-refractivity contribution in [1.29, 1.82) is 0 Å². The van der Waals surface area contributed by atoms with Gasteiger partial charge in [-0.25, -0.2) is 4.79 Å². The molecule has 0 saturated carbocycles. The minimum absolute atomic E-state index is 0.209. The van der Waals surface area contributed by atoms with Gasteiger partial charge >= 0.3 is 5.97 Å². The Bertz CT molecular complexity index is 832. The number of nitrogens with one attached hydrogen (secondary N) is 1. The third-order valence-electron chi connectivity index (χ3n) is 4.85. The van der Waals surface area contributed by atoms with Crippen molar-refractivity contribution in [2.45, 2.75) is 24.8 Å². The summed E-state index contributed by atoms with van der Waals surface area (Å²) in [6, 6.07) is 18.4. The van der Waals surface area contributed by atoms with Crippen LogP contribution in [0.3, 0.4) is 0 Å². The fourth-order valence-electron chi connectivity index (χ4n) is 3.51. The molecule has 5 heteroatoms. The summed E-state index contributed by atoms with van der Waals surface area (Å²) in [6.07, 6.45) is 2.01. The van der Waals surface area contributed by atoms with Crippen LogP contribution in [0.5, 0.6) is 0 Å². The lowest BCUT2D eigenvalue weighted by Crippen LogP contribution is -2.53. The highest BCUT2D eigenvalue weighted by molar-refractivity contribution is 5.96. The summed E-state index contributed by atoms with van der Waals surface area (Å²) in [4.78, 5) is 25.1. The van der Waals surface area contributed by atoms with Crippen LogP contribution in [0.25, 0.3) is 0 Å². The molecule has 1 aliphatic rings. The molecule has 27 heavy (non-hydrogen) atoms. The maximum absolute atomic E-state index is 12.8. The van der Waals surface area contributed by atoms with Crippen LogP contribution in [0.15, 0.2) is 72.3 Å². The van der Waals surface area contributed by atoms with Gasteiger partial charge < -0.3 is 15.2 Å². The summed E-state index contributed by atoms with van der Waals surface area (Å²) in [5.74, 6) is -1.04. The molecular weight excluding hydrogens is 342 g/mol. The van der Waals surface area contributed by atoms with E-state index in [1.54, 1.807) is 37.3 Å². The number of hydrogen-bond donors (Lipinski definition) is 2. The number of rotatable bonds is 6. The first-order chi connectivity index (χ1) is 13.1. The maximum atomic E-state index is 12.8. The molecule has 0 fully saturated rings. The molecule has 3 rings (SSSR count). The maximum Gasteiger partial charge on any atom is 0.333 e. The van der Waals surface area contributed by atoms with Gasteiger partial charge in [-0.2, -0.15) is 0 Å². The van der Waals surface area contributed by atoms with Crippen molar-refractivity contribution in [3.8, 4) is 0 Å². The molecule has 0 heterocycles. The van der Waals surface area contributed by atoms with E-state index in [-0.39, 0.29) is 31.5 Å². The molecule has 0 aromatic heterocycles. The van der Waals surface area contributed by atoms with E-state index in [0.29, 0.717) is 11.1 Å². The first kappa shape index (κ1) is 18.9. The van der Waals surface area contributed by atoms with Gasteiger partial charge in [-0.05, 0) is 24.6 Å². The summed E-state index contributed by atoms with van der Waals surface area (Å²) < 4.78 is 5.14. The second-order valence-corrected chi connectivity index (χ2v) is 6.61. The number of carbonyl (C=O) groups excluding carboxylic acids is 2. The molecule has 0 bridgehead atoms. The fraction of sp³-hybridized carbons (Fsp3) is 0.273. The molecule has 140 valence electrons. The molecule has 0 spiro atoms. The summed E-state index contributed by atoms with van der Waals surface area (Å²) >= 11 is 0. The number of benzene rings is 2. The van der Waals surface area contributed by atoms with Crippen molar-refractivity contribution in [3.63, 3.8) is 0 Å². The Hall–Kier alpha value is -2.92. The van der Waals surface area contributed by atoms with E-state index in [2.05, 4.69) is 5.32 Å². The van der Waals surface area contributed by atoms with Gasteiger partial charge in [0.1, 0.15) is 0 Å². The summed E-state index contributed by atoms with van der Waals surface area (Å²) in [5.41, 5.74) is 0.880. The molecule has 1 amide bonds. The SMILES string of the molecule is CCOC(=O)C1=C[C@@H](c2ccccc2)[C@@](CO)(NC(=O)c2ccccc2)C1. The lowest BCUT2D eigenvalue weighted by Gasteiger charge is -2.35. The van der Waals surface area contributed by atoms with Gasteiger partial charge in [0.05, 0.1) is 18.8 Å². The van der Waals surface area contributed by atoms with Crippen LogP contribution < -0.4 is 5.32 Å². The topological polar surface area (TPSA) is 75.6 Å². The Morgan fingerprint density at radius 1 is 1.11 bits per heavy atom. The van der Waals surface area contributed by atoms with Gasteiger partial charge in [-0.1, -0.05) is 54.6 Å². The minimum atomic E-state index is -1.00. The van der Waals surface area contributed by atoms with Gasteiger partial charge in [0.2, 0.25) is 0 Å². The van der Waals surface area contributed by atoms with Crippen molar-refractivity contribution in [1.82, 2.24) is 5.32 Å². The Morgan fingerprint density at radius 3 is 2.33 bits per heavy atom. The first-order valence-corrected chi connectivity index (χ1v) is 9.01. The van der Waals surface area contributed by atoms with Crippen LogP contribution in [0.2, 0.25) is 0 Å². The van der Waals surface area contributed by atoms with E-state index < -0.39 is 11.5 Å². The molecule has 0 unspecified atom stereocenters. The zero-order chi connectivity index (χ0) is 19.3. The van der Waals surface area contributed by atoms with E-state index in [0.717, 1.165) is 5.56 Å². The second kappa shape index (κ2) is 8.18. The smallest absolute Gasteiger partial charge is 0.333 e. The summed E-state index contributed by atoms with van der Waals surface area (Å²) in [5, 5.41) is 13.3. The van der Waals surface area contributed by atoms with Gasteiger partial charge in [-0.15, -0.1) is 0 Å². The van der Waals surface area contributed by atoms with Crippen LogP contribution >= 0.6 is 0 Å². The molecule has 0 radical (unpaired) electrons. The van der Waals surface area contributed by atoms with Crippen molar-refractivity contribution >= 4 is 11.9 Å². The van der Waals surface area contributed by atoms with E-state index >= 15 is 0 Å². The van der Waals surface area contributed by atoms with Gasteiger partial charge in [0.15, 0.2) is 0 Å². The number of carbonyl (C=O) groups is 2. The first-order valence-electron chi connectivity index (χ1n) is 9.01. The fourth-order valence-corrected chi connectivity index (χ4v) is 3.51. The molecule has 0 saturated heterocycles. The van der Waals surface area contributed by atoms with Crippen LogP contribution in [0.4, 0.5) is 0 Å². The van der Waals surface area contributed by atoms with Crippen molar-refractivity contribution in [2.75, 3.05) is 13.2 Å². The quantitative estimate of drug-likeness (QED) is 0.772. The van der Waals surface area contributed by atoms with Crippen LogP contribution in [-0.4, -0.2) is 35.7 Å². The van der Waals surface area contributed by atoms with Crippen LogP contribution in [-0.2, 0) is 9.53 Å². The van der Waals surface area contributed by atoms with E-state index in [1.165, 1.54) is 0 Å². The number of aliphatic hydroxyl groups excluding tert-OH is 1. The molecular formula is C22H23NO4. The van der Waals surface area contributed by atoms with Gasteiger partial charge in [0.25, 0.3) is 5.91 Å². The van der Waals surface area contributed by atoms with Gasteiger partial charge in [-0.3, -0.25) is 4.79 Å². The summed E-state index contributed by atoms with van der Waals surface area (Å²) in [7, 11) is 0. The molecule has 2 N–H and O–H groups in total. The molecule has 5 nitrogen and oxygen atoms in total. The van der Waals surface area contributed by atoms with E-state index in [4.69, 9.17) is 4.74 Å².